The Hall–Kier alpha value is -4.78. The molecule has 0 spiro atoms. The summed E-state index contributed by atoms with van der Waals surface area (Å²) < 4.78 is 32.8. The molecule has 0 unspecified atom stereocenters. The van der Waals surface area contributed by atoms with Crippen LogP contribution in [0.5, 0.6) is 5.75 Å². The number of halogens is 2. The van der Waals surface area contributed by atoms with Gasteiger partial charge in [-0.05, 0) is 90.7 Å². The van der Waals surface area contributed by atoms with Crippen molar-refractivity contribution in [2.24, 2.45) is 5.92 Å². The van der Waals surface area contributed by atoms with Gasteiger partial charge < -0.3 is 14.7 Å². The zero-order valence-electron chi connectivity index (χ0n) is 21.8. The van der Waals surface area contributed by atoms with E-state index in [1.807, 2.05) is 25.1 Å². The number of phenolic OH excluding ortho intramolecular Hbond substituents is 1. The van der Waals surface area contributed by atoms with Gasteiger partial charge in [0, 0.05) is 5.69 Å². The van der Waals surface area contributed by atoms with Crippen LogP contribution in [0.15, 0.2) is 103 Å². The molecule has 4 aromatic rings. The van der Waals surface area contributed by atoms with E-state index in [2.05, 4.69) is 0 Å². The molecule has 7 heteroatoms. The number of hydrogen-bond acceptors (Lipinski definition) is 4. The van der Waals surface area contributed by atoms with Crippen molar-refractivity contribution in [3.8, 4) is 5.75 Å². The van der Waals surface area contributed by atoms with Gasteiger partial charge >= 0.3 is 5.97 Å². The maximum absolute atomic E-state index is 13.6. The van der Waals surface area contributed by atoms with Gasteiger partial charge in [0.2, 0.25) is 5.91 Å². The zero-order chi connectivity index (χ0) is 28.2. The first-order valence-corrected chi connectivity index (χ1v) is 12.9. The van der Waals surface area contributed by atoms with Gasteiger partial charge in [0.25, 0.3) is 0 Å². The molecule has 202 valence electrons. The number of carbonyl (C=O) groups is 2. The van der Waals surface area contributed by atoms with Gasteiger partial charge in [-0.25, -0.2) is 13.6 Å². The van der Waals surface area contributed by atoms with Crippen LogP contribution in [0, 0.1) is 24.5 Å². The topological polar surface area (TPSA) is 66.8 Å². The van der Waals surface area contributed by atoms with E-state index in [-0.39, 0.29) is 24.3 Å². The maximum Gasteiger partial charge on any atom is 0.338 e. The van der Waals surface area contributed by atoms with Gasteiger partial charge in [-0.15, -0.1) is 0 Å². The minimum absolute atomic E-state index is 0.0647. The van der Waals surface area contributed by atoms with Crippen molar-refractivity contribution in [3.63, 3.8) is 0 Å². The van der Waals surface area contributed by atoms with Crippen LogP contribution in [0.3, 0.4) is 0 Å². The molecule has 0 aliphatic carbocycles. The average molecular weight is 540 g/mol. The summed E-state index contributed by atoms with van der Waals surface area (Å²) in [5, 5.41) is 9.78. The molecule has 5 nitrogen and oxygen atoms in total. The maximum atomic E-state index is 13.6. The Bertz CT molecular complexity index is 1530. The van der Waals surface area contributed by atoms with E-state index in [4.69, 9.17) is 4.74 Å². The van der Waals surface area contributed by atoms with Crippen molar-refractivity contribution in [1.29, 1.82) is 0 Å². The molecule has 1 amide bonds. The zero-order valence-corrected chi connectivity index (χ0v) is 21.8. The Morgan fingerprint density at radius 3 is 2.05 bits per heavy atom. The van der Waals surface area contributed by atoms with Crippen molar-refractivity contribution < 1.29 is 28.2 Å². The fourth-order valence-electron chi connectivity index (χ4n) is 4.83. The van der Waals surface area contributed by atoms with Crippen molar-refractivity contribution in [3.05, 3.63) is 137 Å². The van der Waals surface area contributed by atoms with E-state index in [0.717, 1.165) is 11.1 Å². The third-order valence-corrected chi connectivity index (χ3v) is 7.03. The van der Waals surface area contributed by atoms with Crippen LogP contribution in [0.4, 0.5) is 14.5 Å². The van der Waals surface area contributed by atoms with E-state index in [1.54, 1.807) is 65.6 Å². The Kier molecular flexibility index (Phi) is 7.73. The Balaban J connectivity index is 1.41. The largest absolute Gasteiger partial charge is 0.508 e. The summed E-state index contributed by atoms with van der Waals surface area (Å²) in [6, 6.07) is 24.9. The summed E-state index contributed by atoms with van der Waals surface area (Å²) in [6.45, 7) is 1.86. The van der Waals surface area contributed by atoms with Gasteiger partial charge in [0.15, 0.2) is 0 Å². The standard InChI is InChI=1S/C33H27F2NO4/c1-21-2-4-24(5-3-21)33(39)40-20-25(22-6-11-26(34)12-7-22)10-19-30-31(23-8-17-29(37)18-9-23)36(32(30)38)28-15-13-27(35)14-16-28/h2-18,30-31,37H,19-20H2,1H3/b25-10+/t30-,31-/m1/s1. The van der Waals surface area contributed by atoms with Gasteiger partial charge in [-0.3, -0.25) is 4.79 Å². The highest BCUT2D eigenvalue weighted by atomic mass is 19.1. The van der Waals surface area contributed by atoms with E-state index >= 15 is 0 Å². The fraction of sp³-hybridized carbons (Fsp3) is 0.152. The number of hydrogen-bond donors (Lipinski definition) is 1. The lowest BCUT2D eigenvalue weighted by atomic mass is 9.79. The molecule has 0 bridgehead atoms. The molecule has 40 heavy (non-hydrogen) atoms. The number of phenols is 1. The lowest BCUT2D eigenvalue weighted by Gasteiger charge is -2.47. The number of aromatic hydroxyl groups is 1. The highest BCUT2D eigenvalue weighted by Crippen LogP contribution is 2.45. The lowest BCUT2D eigenvalue weighted by Crippen LogP contribution is -2.55. The second kappa shape index (κ2) is 11.5. The first kappa shape index (κ1) is 26.8. The molecular formula is C33H27F2NO4. The molecule has 1 aliphatic rings. The fourth-order valence-corrected chi connectivity index (χ4v) is 4.83. The molecule has 0 saturated carbocycles. The van der Waals surface area contributed by atoms with Crippen molar-refractivity contribution in [1.82, 2.24) is 0 Å². The number of aryl methyl sites for hydroxylation is 1. The number of amides is 1. The summed E-state index contributed by atoms with van der Waals surface area (Å²) in [4.78, 5) is 27.7. The van der Waals surface area contributed by atoms with Crippen LogP contribution in [0.25, 0.3) is 5.57 Å². The number of carbonyl (C=O) groups excluding carboxylic acids is 2. The average Bonchev–Trinajstić information content (AvgIpc) is 2.96. The van der Waals surface area contributed by atoms with E-state index in [0.29, 0.717) is 28.8 Å². The number of allylic oxidation sites excluding steroid dienone is 1. The van der Waals surface area contributed by atoms with Crippen LogP contribution in [0.2, 0.25) is 0 Å². The first-order valence-electron chi connectivity index (χ1n) is 12.9. The predicted molar refractivity (Wildman–Crippen MR) is 149 cm³/mol. The Morgan fingerprint density at radius 2 is 1.43 bits per heavy atom. The van der Waals surface area contributed by atoms with Crippen LogP contribution in [-0.4, -0.2) is 23.6 Å². The minimum Gasteiger partial charge on any atom is -0.508 e. The molecule has 1 fully saturated rings. The summed E-state index contributed by atoms with van der Waals surface area (Å²) >= 11 is 0. The van der Waals surface area contributed by atoms with Crippen LogP contribution in [-0.2, 0) is 9.53 Å². The Labute approximate surface area is 231 Å². The highest BCUT2D eigenvalue weighted by molar-refractivity contribution is 6.03. The van der Waals surface area contributed by atoms with Crippen LogP contribution in [0.1, 0.15) is 39.5 Å². The van der Waals surface area contributed by atoms with Crippen molar-refractivity contribution in [2.45, 2.75) is 19.4 Å². The monoisotopic (exact) mass is 539 g/mol. The van der Waals surface area contributed by atoms with Gasteiger partial charge in [-0.2, -0.15) is 0 Å². The summed E-state index contributed by atoms with van der Waals surface area (Å²) in [7, 11) is 0. The molecule has 2 atom stereocenters. The number of β-lactam (4-membered cyclic amide) rings is 1. The molecule has 5 rings (SSSR count). The van der Waals surface area contributed by atoms with Crippen LogP contribution < -0.4 is 4.90 Å². The minimum atomic E-state index is -0.489. The summed E-state index contributed by atoms with van der Waals surface area (Å²) in [6.07, 6.45) is 2.16. The second-order valence-electron chi connectivity index (χ2n) is 9.74. The van der Waals surface area contributed by atoms with Crippen molar-refractivity contribution >= 4 is 23.1 Å². The molecular weight excluding hydrogens is 512 g/mol. The highest BCUT2D eigenvalue weighted by Gasteiger charge is 2.48. The van der Waals surface area contributed by atoms with Gasteiger partial charge in [0.1, 0.15) is 24.0 Å². The number of anilines is 1. The SMILES string of the molecule is Cc1ccc(C(=O)OC/C(=C\C[C@H]2C(=O)N(c3ccc(F)cc3)[C@@H]2c2ccc(O)cc2)c2ccc(F)cc2)cc1. The molecule has 1 heterocycles. The Morgan fingerprint density at radius 1 is 0.850 bits per heavy atom. The number of esters is 1. The number of ether oxygens (including phenoxy) is 1. The first-order chi connectivity index (χ1) is 19.3. The quantitative estimate of drug-likeness (QED) is 0.193. The predicted octanol–water partition coefficient (Wildman–Crippen LogP) is 7.01. The number of nitrogens with zero attached hydrogens (tertiary/aromatic N) is 1. The lowest BCUT2D eigenvalue weighted by molar-refractivity contribution is -0.130. The van der Waals surface area contributed by atoms with E-state index < -0.39 is 23.5 Å². The molecule has 1 saturated heterocycles. The summed E-state index contributed by atoms with van der Waals surface area (Å²) in [5.74, 6) is -1.78. The summed E-state index contributed by atoms with van der Waals surface area (Å²) in [5.41, 5.74) is 4.12. The van der Waals surface area contributed by atoms with Gasteiger partial charge in [-0.1, -0.05) is 48.0 Å². The van der Waals surface area contributed by atoms with Crippen LogP contribution >= 0.6 is 0 Å². The van der Waals surface area contributed by atoms with Gasteiger partial charge in [0.05, 0.1) is 17.5 Å². The molecule has 1 N–H and O–H groups in total. The smallest absolute Gasteiger partial charge is 0.338 e. The molecule has 4 aromatic carbocycles. The normalized spacial score (nSPS) is 16.9. The number of benzene rings is 4. The number of rotatable bonds is 8. The van der Waals surface area contributed by atoms with Crippen molar-refractivity contribution in [2.75, 3.05) is 11.5 Å². The second-order valence-corrected chi connectivity index (χ2v) is 9.74. The van der Waals surface area contributed by atoms with E-state index in [1.165, 1.54) is 24.3 Å². The molecule has 0 radical (unpaired) electrons. The van der Waals surface area contributed by atoms with E-state index in [9.17, 15) is 23.5 Å². The third-order valence-electron chi connectivity index (χ3n) is 7.03. The molecule has 1 aliphatic heterocycles. The third kappa shape index (κ3) is 5.78. The molecule has 0 aromatic heterocycles.